The van der Waals surface area contributed by atoms with Gasteiger partial charge in [0.2, 0.25) is 0 Å². The van der Waals surface area contributed by atoms with Crippen LogP contribution in [0.3, 0.4) is 0 Å². The fourth-order valence-electron chi connectivity index (χ4n) is 1.30. The van der Waals surface area contributed by atoms with E-state index in [1.165, 1.54) is 0 Å². The van der Waals surface area contributed by atoms with E-state index in [0.717, 1.165) is 24.4 Å². The molecule has 0 saturated carbocycles. The maximum atomic E-state index is 5.94. The average Bonchev–Trinajstić information content (AvgIpc) is 2.71. The van der Waals surface area contributed by atoms with Crippen molar-refractivity contribution in [3.8, 4) is 0 Å². The largest absolute Gasteiger partial charge is 0.496 e. The Labute approximate surface area is 76.4 Å². The Morgan fingerprint density at radius 1 is 1.46 bits per heavy atom. The van der Waals surface area contributed by atoms with Crippen molar-refractivity contribution in [2.45, 2.75) is 12.5 Å². The highest BCUT2D eigenvalue weighted by Gasteiger charge is 2.16. The Morgan fingerprint density at radius 2 is 2.38 bits per heavy atom. The van der Waals surface area contributed by atoms with Gasteiger partial charge in [0.15, 0.2) is 0 Å². The van der Waals surface area contributed by atoms with Gasteiger partial charge in [0.25, 0.3) is 0 Å². The molecule has 2 rings (SSSR count). The second-order valence-corrected chi connectivity index (χ2v) is 2.90. The fourth-order valence-corrected chi connectivity index (χ4v) is 1.30. The Hall–Kier alpha value is -1.42. The lowest BCUT2D eigenvalue weighted by molar-refractivity contribution is 0.225. The molecule has 13 heavy (non-hydrogen) atoms. The third kappa shape index (κ3) is 1.67. The maximum Gasteiger partial charge on any atom is 0.113 e. The van der Waals surface area contributed by atoms with Gasteiger partial charge < -0.3 is 10.5 Å². The summed E-state index contributed by atoms with van der Waals surface area (Å²) in [5, 5.41) is 7.45. The SMILES string of the molecule is NC(C1=CCCO1)c1ccnnc1. The van der Waals surface area contributed by atoms with E-state index in [0.29, 0.717) is 0 Å². The highest BCUT2D eigenvalue weighted by Crippen LogP contribution is 2.22. The van der Waals surface area contributed by atoms with Gasteiger partial charge in [-0.2, -0.15) is 10.2 Å². The second-order valence-electron chi connectivity index (χ2n) is 2.90. The van der Waals surface area contributed by atoms with E-state index >= 15 is 0 Å². The molecule has 1 unspecified atom stereocenters. The molecular weight excluding hydrogens is 166 g/mol. The molecule has 4 nitrogen and oxygen atoms in total. The summed E-state index contributed by atoms with van der Waals surface area (Å²) < 4.78 is 5.36. The van der Waals surface area contributed by atoms with E-state index in [1.54, 1.807) is 12.4 Å². The summed E-state index contributed by atoms with van der Waals surface area (Å²) in [6, 6.07) is 1.65. The van der Waals surface area contributed by atoms with E-state index in [9.17, 15) is 0 Å². The van der Waals surface area contributed by atoms with Gasteiger partial charge in [-0.1, -0.05) is 0 Å². The van der Waals surface area contributed by atoms with Crippen molar-refractivity contribution in [1.82, 2.24) is 10.2 Å². The molecule has 0 aliphatic carbocycles. The average molecular weight is 177 g/mol. The van der Waals surface area contributed by atoms with Gasteiger partial charge in [0.05, 0.1) is 18.8 Å². The Bertz CT molecular complexity index is 310. The fraction of sp³-hybridized carbons (Fsp3) is 0.333. The maximum absolute atomic E-state index is 5.94. The molecule has 0 bridgehead atoms. The molecule has 4 heteroatoms. The molecule has 0 fully saturated rings. The Morgan fingerprint density at radius 3 is 3.00 bits per heavy atom. The number of nitrogens with zero attached hydrogens (tertiary/aromatic N) is 2. The van der Waals surface area contributed by atoms with E-state index in [2.05, 4.69) is 10.2 Å². The molecule has 2 heterocycles. The summed E-state index contributed by atoms with van der Waals surface area (Å²) in [6.45, 7) is 0.738. The number of rotatable bonds is 2. The van der Waals surface area contributed by atoms with Crippen molar-refractivity contribution in [1.29, 1.82) is 0 Å². The normalized spacial score (nSPS) is 17.8. The molecule has 1 aliphatic heterocycles. The van der Waals surface area contributed by atoms with Crippen LogP contribution in [0.25, 0.3) is 0 Å². The van der Waals surface area contributed by atoms with Crippen LogP contribution in [0.2, 0.25) is 0 Å². The zero-order chi connectivity index (χ0) is 9.10. The van der Waals surface area contributed by atoms with Crippen molar-refractivity contribution in [3.63, 3.8) is 0 Å². The van der Waals surface area contributed by atoms with E-state index in [4.69, 9.17) is 10.5 Å². The van der Waals surface area contributed by atoms with Gasteiger partial charge in [-0.25, -0.2) is 0 Å². The lowest BCUT2D eigenvalue weighted by atomic mass is 10.1. The summed E-state index contributed by atoms with van der Waals surface area (Å²) in [5.74, 6) is 0.841. The van der Waals surface area contributed by atoms with E-state index in [1.807, 2.05) is 12.1 Å². The summed E-state index contributed by atoms with van der Waals surface area (Å²) >= 11 is 0. The smallest absolute Gasteiger partial charge is 0.113 e. The standard InChI is InChI=1S/C9H11N3O/c10-9(8-2-1-5-13-8)7-3-4-11-12-6-7/h2-4,6,9H,1,5,10H2. The molecule has 0 aromatic carbocycles. The van der Waals surface area contributed by atoms with E-state index < -0.39 is 0 Å². The summed E-state index contributed by atoms with van der Waals surface area (Å²) in [4.78, 5) is 0. The first-order valence-electron chi connectivity index (χ1n) is 4.23. The van der Waals surface area contributed by atoms with E-state index in [-0.39, 0.29) is 6.04 Å². The first kappa shape index (κ1) is 8.19. The Balaban J connectivity index is 2.17. The molecule has 2 N–H and O–H groups in total. The highest BCUT2D eigenvalue weighted by atomic mass is 16.5. The molecular formula is C9H11N3O. The van der Waals surface area contributed by atoms with Crippen LogP contribution in [0.15, 0.2) is 30.3 Å². The van der Waals surface area contributed by atoms with Crippen LogP contribution in [-0.2, 0) is 4.74 Å². The van der Waals surface area contributed by atoms with Gasteiger partial charge >= 0.3 is 0 Å². The number of ether oxygens (including phenoxy) is 1. The summed E-state index contributed by atoms with van der Waals surface area (Å²) in [5.41, 5.74) is 6.87. The first-order valence-corrected chi connectivity index (χ1v) is 4.23. The zero-order valence-corrected chi connectivity index (χ0v) is 7.18. The van der Waals surface area contributed by atoms with Gasteiger partial charge in [-0.05, 0) is 17.7 Å². The van der Waals surface area contributed by atoms with Crippen molar-refractivity contribution >= 4 is 0 Å². The van der Waals surface area contributed by atoms with Crippen LogP contribution in [0, 0.1) is 0 Å². The van der Waals surface area contributed by atoms with Crippen LogP contribution in [0.5, 0.6) is 0 Å². The van der Waals surface area contributed by atoms with Crippen molar-refractivity contribution < 1.29 is 4.74 Å². The first-order chi connectivity index (χ1) is 6.38. The predicted octanol–water partition coefficient (Wildman–Crippen LogP) is 0.781. The zero-order valence-electron chi connectivity index (χ0n) is 7.18. The van der Waals surface area contributed by atoms with Gasteiger partial charge in [-0.15, -0.1) is 0 Å². The third-order valence-electron chi connectivity index (χ3n) is 2.00. The summed E-state index contributed by atoms with van der Waals surface area (Å²) in [6.07, 6.45) is 6.25. The predicted molar refractivity (Wildman–Crippen MR) is 47.6 cm³/mol. The van der Waals surface area contributed by atoms with Crippen LogP contribution in [0.4, 0.5) is 0 Å². The molecule has 0 spiro atoms. The minimum atomic E-state index is -0.196. The number of hydrogen-bond donors (Lipinski definition) is 1. The lowest BCUT2D eigenvalue weighted by Crippen LogP contribution is -2.13. The van der Waals surface area contributed by atoms with Crippen molar-refractivity contribution in [3.05, 3.63) is 35.9 Å². The minimum absolute atomic E-state index is 0.196. The van der Waals surface area contributed by atoms with Gasteiger partial charge in [0.1, 0.15) is 5.76 Å². The van der Waals surface area contributed by atoms with Gasteiger partial charge in [0, 0.05) is 12.6 Å². The number of hydrogen-bond acceptors (Lipinski definition) is 4. The molecule has 0 radical (unpaired) electrons. The second kappa shape index (κ2) is 3.53. The molecule has 1 aromatic rings. The number of aromatic nitrogens is 2. The van der Waals surface area contributed by atoms with Crippen LogP contribution >= 0.6 is 0 Å². The van der Waals surface area contributed by atoms with Crippen molar-refractivity contribution in [2.24, 2.45) is 5.73 Å². The minimum Gasteiger partial charge on any atom is -0.496 e. The molecule has 1 aliphatic rings. The summed E-state index contributed by atoms with van der Waals surface area (Å²) in [7, 11) is 0. The highest BCUT2D eigenvalue weighted by molar-refractivity contribution is 5.21. The van der Waals surface area contributed by atoms with Crippen LogP contribution < -0.4 is 5.73 Å². The van der Waals surface area contributed by atoms with Crippen molar-refractivity contribution in [2.75, 3.05) is 6.61 Å². The monoisotopic (exact) mass is 177 g/mol. The molecule has 0 saturated heterocycles. The third-order valence-corrected chi connectivity index (χ3v) is 2.00. The topological polar surface area (TPSA) is 61.0 Å². The molecule has 0 amide bonds. The lowest BCUT2D eigenvalue weighted by Gasteiger charge is -2.12. The molecule has 68 valence electrons. The molecule has 1 atom stereocenters. The Kier molecular flexibility index (Phi) is 2.23. The van der Waals surface area contributed by atoms with Gasteiger partial charge in [-0.3, -0.25) is 0 Å². The number of nitrogens with two attached hydrogens (primary N) is 1. The van der Waals surface area contributed by atoms with Crippen LogP contribution in [0.1, 0.15) is 18.0 Å². The quantitative estimate of drug-likeness (QED) is 0.725. The molecule has 1 aromatic heterocycles. The van der Waals surface area contributed by atoms with Crippen LogP contribution in [-0.4, -0.2) is 16.8 Å².